The quantitative estimate of drug-likeness (QED) is 0.777. The van der Waals surface area contributed by atoms with Gasteiger partial charge in [0.2, 0.25) is 5.91 Å². The molecule has 92 valence electrons. The average molecular weight is 225 g/mol. The standard InChI is InChI=1S/C13H23NO2/c1-9(8-16-2)14-13(15)7-12-6-10-3-4-11(12)5-10/h9-12H,3-8H2,1-2H3,(H,14,15)/t9-,10-,11-,12+/m0/s1. The molecule has 2 aliphatic rings. The largest absolute Gasteiger partial charge is 0.383 e. The third kappa shape index (κ3) is 2.76. The van der Waals surface area contributed by atoms with Crippen molar-refractivity contribution in [2.45, 2.75) is 45.1 Å². The van der Waals surface area contributed by atoms with Crippen LogP contribution >= 0.6 is 0 Å². The van der Waals surface area contributed by atoms with Crippen LogP contribution in [0.15, 0.2) is 0 Å². The van der Waals surface area contributed by atoms with Gasteiger partial charge in [0.05, 0.1) is 6.61 Å². The van der Waals surface area contributed by atoms with E-state index in [1.54, 1.807) is 7.11 Å². The van der Waals surface area contributed by atoms with E-state index >= 15 is 0 Å². The fraction of sp³-hybridized carbons (Fsp3) is 0.923. The Labute approximate surface area is 97.9 Å². The molecule has 1 N–H and O–H groups in total. The Kier molecular flexibility index (Phi) is 3.85. The molecule has 1 amide bonds. The molecule has 0 radical (unpaired) electrons. The predicted octanol–water partition coefficient (Wildman–Crippen LogP) is 1.96. The first kappa shape index (κ1) is 11.9. The first-order valence-electron chi connectivity index (χ1n) is 6.47. The second-order valence-electron chi connectivity index (χ2n) is 5.56. The SMILES string of the molecule is COC[C@H](C)NC(=O)C[C@H]1C[C@H]2CC[C@H]1C2. The van der Waals surface area contributed by atoms with E-state index in [4.69, 9.17) is 4.74 Å². The number of nitrogens with one attached hydrogen (secondary N) is 1. The highest BCUT2D eigenvalue weighted by Gasteiger charge is 2.40. The summed E-state index contributed by atoms with van der Waals surface area (Å²) in [6.45, 7) is 2.59. The smallest absolute Gasteiger partial charge is 0.220 e. The van der Waals surface area contributed by atoms with E-state index in [1.165, 1.54) is 25.7 Å². The van der Waals surface area contributed by atoms with E-state index in [1.807, 2.05) is 6.92 Å². The number of carbonyl (C=O) groups is 1. The van der Waals surface area contributed by atoms with E-state index in [-0.39, 0.29) is 11.9 Å². The van der Waals surface area contributed by atoms with Gasteiger partial charge in [0.1, 0.15) is 0 Å². The minimum atomic E-state index is 0.135. The van der Waals surface area contributed by atoms with Crippen LogP contribution < -0.4 is 5.32 Å². The van der Waals surface area contributed by atoms with Crippen LogP contribution in [-0.4, -0.2) is 25.7 Å². The summed E-state index contributed by atoms with van der Waals surface area (Å²) in [5, 5.41) is 3.00. The molecule has 16 heavy (non-hydrogen) atoms. The van der Waals surface area contributed by atoms with E-state index in [9.17, 15) is 4.79 Å². The number of amides is 1. The van der Waals surface area contributed by atoms with Crippen molar-refractivity contribution >= 4 is 5.91 Å². The molecule has 0 unspecified atom stereocenters. The van der Waals surface area contributed by atoms with Gasteiger partial charge in [-0.05, 0) is 43.9 Å². The maximum atomic E-state index is 11.8. The highest BCUT2D eigenvalue weighted by molar-refractivity contribution is 5.76. The third-order valence-corrected chi connectivity index (χ3v) is 4.16. The molecular weight excluding hydrogens is 202 g/mol. The van der Waals surface area contributed by atoms with Gasteiger partial charge in [-0.1, -0.05) is 6.42 Å². The first-order chi connectivity index (χ1) is 7.69. The van der Waals surface area contributed by atoms with E-state index in [0.717, 1.165) is 18.3 Å². The van der Waals surface area contributed by atoms with Gasteiger partial charge in [0.25, 0.3) is 0 Å². The molecule has 3 nitrogen and oxygen atoms in total. The average Bonchev–Trinajstić information content (AvgIpc) is 2.78. The number of ether oxygens (including phenoxy) is 1. The molecule has 2 aliphatic carbocycles. The Morgan fingerprint density at radius 1 is 1.44 bits per heavy atom. The van der Waals surface area contributed by atoms with Crippen LogP contribution in [0.25, 0.3) is 0 Å². The Bertz CT molecular complexity index is 254. The van der Waals surface area contributed by atoms with E-state index in [0.29, 0.717) is 12.5 Å². The molecule has 2 saturated carbocycles. The molecule has 2 bridgehead atoms. The van der Waals surface area contributed by atoms with Crippen molar-refractivity contribution in [3.8, 4) is 0 Å². The number of carbonyl (C=O) groups excluding carboxylic acids is 1. The van der Waals surface area contributed by atoms with Crippen molar-refractivity contribution in [1.29, 1.82) is 0 Å². The van der Waals surface area contributed by atoms with Crippen molar-refractivity contribution in [3.63, 3.8) is 0 Å². The molecule has 0 aromatic heterocycles. The topological polar surface area (TPSA) is 38.3 Å². The summed E-state index contributed by atoms with van der Waals surface area (Å²) in [6.07, 6.45) is 6.16. The zero-order chi connectivity index (χ0) is 11.5. The third-order valence-electron chi connectivity index (χ3n) is 4.16. The number of fused-ring (bicyclic) bond motifs is 2. The van der Waals surface area contributed by atoms with Gasteiger partial charge in [-0.15, -0.1) is 0 Å². The molecule has 2 rings (SSSR count). The van der Waals surface area contributed by atoms with Crippen molar-refractivity contribution in [3.05, 3.63) is 0 Å². The molecule has 0 saturated heterocycles. The summed E-state index contributed by atoms with van der Waals surface area (Å²) in [5.74, 6) is 2.64. The zero-order valence-electron chi connectivity index (χ0n) is 10.4. The molecule has 0 aromatic carbocycles. The van der Waals surface area contributed by atoms with Gasteiger partial charge < -0.3 is 10.1 Å². The van der Waals surface area contributed by atoms with Crippen molar-refractivity contribution in [2.75, 3.05) is 13.7 Å². The van der Waals surface area contributed by atoms with Crippen LogP contribution in [0.2, 0.25) is 0 Å². The molecule has 0 heterocycles. The van der Waals surface area contributed by atoms with Gasteiger partial charge in [0, 0.05) is 19.6 Å². The van der Waals surface area contributed by atoms with E-state index in [2.05, 4.69) is 5.32 Å². The number of hydrogen-bond acceptors (Lipinski definition) is 2. The Hall–Kier alpha value is -0.570. The molecule has 2 fully saturated rings. The predicted molar refractivity (Wildman–Crippen MR) is 63.0 cm³/mol. The minimum absolute atomic E-state index is 0.135. The lowest BCUT2D eigenvalue weighted by molar-refractivity contribution is -0.123. The maximum absolute atomic E-state index is 11.8. The summed E-state index contributed by atoms with van der Waals surface area (Å²) < 4.78 is 5.01. The zero-order valence-corrected chi connectivity index (χ0v) is 10.4. The highest BCUT2D eigenvalue weighted by Crippen LogP contribution is 2.49. The Balaban J connectivity index is 1.71. The normalized spacial score (nSPS) is 34.0. The van der Waals surface area contributed by atoms with Gasteiger partial charge in [-0.3, -0.25) is 4.79 Å². The molecule has 0 spiro atoms. The maximum Gasteiger partial charge on any atom is 0.220 e. The lowest BCUT2D eigenvalue weighted by atomic mass is 9.86. The monoisotopic (exact) mass is 225 g/mol. The fourth-order valence-electron chi connectivity index (χ4n) is 3.49. The molecule has 3 heteroatoms. The van der Waals surface area contributed by atoms with Gasteiger partial charge >= 0.3 is 0 Å². The first-order valence-corrected chi connectivity index (χ1v) is 6.47. The summed E-state index contributed by atoms with van der Waals surface area (Å²) in [4.78, 5) is 11.8. The lowest BCUT2D eigenvalue weighted by Crippen LogP contribution is -2.37. The molecular formula is C13H23NO2. The summed E-state index contributed by atoms with van der Waals surface area (Å²) in [7, 11) is 1.67. The van der Waals surface area contributed by atoms with Crippen LogP contribution in [0.4, 0.5) is 0 Å². The summed E-state index contributed by atoms with van der Waals surface area (Å²) in [5.41, 5.74) is 0. The second-order valence-corrected chi connectivity index (χ2v) is 5.56. The lowest BCUT2D eigenvalue weighted by Gasteiger charge is -2.22. The number of methoxy groups -OCH3 is 1. The Morgan fingerprint density at radius 2 is 2.25 bits per heavy atom. The molecule has 0 aliphatic heterocycles. The summed E-state index contributed by atoms with van der Waals surface area (Å²) in [6, 6.07) is 0.135. The highest BCUT2D eigenvalue weighted by atomic mass is 16.5. The second kappa shape index (κ2) is 5.17. The summed E-state index contributed by atoms with van der Waals surface area (Å²) >= 11 is 0. The van der Waals surface area contributed by atoms with Crippen molar-refractivity contribution in [2.24, 2.45) is 17.8 Å². The van der Waals surface area contributed by atoms with Crippen LogP contribution in [0.3, 0.4) is 0 Å². The number of rotatable bonds is 5. The minimum Gasteiger partial charge on any atom is -0.383 e. The van der Waals surface area contributed by atoms with Crippen molar-refractivity contribution < 1.29 is 9.53 Å². The van der Waals surface area contributed by atoms with Gasteiger partial charge in [-0.25, -0.2) is 0 Å². The van der Waals surface area contributed by atoms with Crippen LogP contribution in [0, 0.1) is 17.8 Å². The number of hydrogen-bond donors (Lipinski definition) is 1. The van der Waals surface area contributed by atoms with Gasteiger partial charge in [0.15, 0.2) is 0 Å². The van der Waals surface area contributed by atoms with Crippen LogP contribution in [0.1, 0.15) is 39.0 Å². The molecule has 4 atom stereocenters. The van der Waals surface area contributed by atoms with Crippen LogP contribution in [0.5, 0.6) is 0 Å². The van der Waals surface area contributed by atoms with Crippen molar-refractivity contribution in [1.82, 2.24) is 5.32 Å². The molecule has 0 aromatic rings. The Morgan fingerprint density at radius 3 is 2.81 bits per heavy atom. The fourth-order valence-corrected chi connectivity index (χ4v) is 3.49. The van der Waals surface area contributed by atoms with Gasteiger partial charge in [-0.2, -0.15) is 0 Å². The van der Waals surface area contributed by atoms with E-state index < -0.39 is 0 Å². The van der Waals surface area contributed by atoms with Crippen LogP contribution in [-0.2, 0) is 9.53 Å².